The minimum Gasteiger partial charge on any atom is -0.508 e. The van der Waals surface area contributed by atoms with E-state index in [1.165, 1.54) is 0 Å². The quantitative estimate of drug-likeness (QED) is 0.221. The highest BCUT2D eigenvalue weighted by Crippen LogP contribution is 2.29. The van der Waals surface area contributed by atoms with Crippen molar-refractivity contribution in [3.8, 4) is 5.75 Å². The molecule has 0 saturated carbocycles. The molecule has 2 rings (SSSR count). The van der Waals surface area contributed by atoms with Crippen LogP contribution >= 0.6 is 0 Å². The van der Waals surface area contributed by atoms with Crippen molar-refractivity contribution in [2.24, 2.45) is 0 Å². The fraction of sp³-hybridized carbons (Fsp3) is 0.559. The number of carbonyl (C=O) groups is 3. The van der Waals surface area contributed by atoms with Gasteiger partial charge in [-0.25, -0.2) is 4.79 Å². The summed E-state index contributed by atoms with van der Waals surface area (Å²) in [4.78, 5) is 43.2. The van der Waals surface area contributed by atoms with Crippen molar-refractivity contribution in [3.05, 3.63) is 64.7 Å². The van der Waals surface area contributed by atoms with Crippen LogP contribution in [-0.2, 0) is 20.7 Å². The molecule has 0 saturated heterocycles. The van der Waals surface area contributed by atoms with Crippen LogP contribution in [0, 0.1) is 13.8 Å². The number of aromatic hydroxyl groups is 1. The van der Waals surface area contributed by atoms with Crippen LogP contribution < -0.4 is 10.6 Å². The lowest BCUT2D eigenvalue weighted by Gasteiger charge is -2.36. The normalized spacial score (nSPS) is 13.5. The zero-order valence-electron chi connectivity index (χ0n) is 26.8. The number of benzene rings is 2. The van der Waals surface area contributed by atoms with Crippen LogP contribution in [0.1, 0.15) is 102 Å². The summed E-state index contributed by atoms with van der Waals surface area (Å²) in [6.45, 7) is 15.7. The van der Waals surface area contributed by atoms with Crippen LogP contribution in [0.25, 0.3) is 0 Å². The average molecular weight is 582 g/mol. The number of amides is 3. The van der Waals surface area contributed by atoms with Gasteiger partial charge in [0.25, 0.3) is 0 Å². The lowest BCUT2D eigenvalue weighted by Crippen LogP contribution is -2.54. The molecule has 0 aliphatic heterocycles. The van der Waals surface area contributed by atoms with Crippen molar-refractivity contribution in [3.63, 3.8) is 0 Å². The zero-order valence-corrected chi connectivity index (χ0v) is 26.8. The maximum absolute atomic E-state index is 14.6. The Morgan fingerprint density at radius 2 is 1.62 bits per heavy atom. The molecular formula is C34H51N3O5. The minimum absolute atomic E-state index is 0.0598. The van der Waals surface area contributed by atoms with Gasteiger partial charge in [0.15, 0.2) is 0 Å². The largest absolute Gasteiger partial charge is 0.508 e. The molecule has 8 heteroatoms. The van der Waals surface area contributed by atoms with Crippen molar-refractivity contribution >= 4 is 17.9 Å². The van der Waals surface area contributed by atoms with Crippen LogP contribution in [0.4, 0.5) is 4.79 Å². The highest BCUT2D eigenvalue weighted by Gasteiger charge is 2.37. The van der Waals surface area contributed by atoms with Gasteiger partial charge in [-0.15, -0.1) is 0 Å². The van der Waals surface area contributed by atoms with E-state index >= 15 is 0 Å². The summed E-state index contributed by atoms with van der Waals surface area (Å²) in [7, 11) is 0. The van der Waals surface area contributed by atoms with Crippen molar-refractivity contribution in [1.29, 1.82) is 0 Å². The molecule has 3 N–H and O–H groups in total. The van der Waals surface area contributed by atoms with Gasteiger partial charge in [0, 0.05) is 19.0 Å². The Morgan fingerprint density at radius 3 is 2.21 bits per heavy atom. The Hall–Kier alpha value is -3.55. The van der Waals surface area contributed by atoms with E-state index in [0.717, 1.165) is 47.9 Å². The third-order valence-electron chi connectivity index (χ3n) is 7.26. The first-order chi connectivity index (χ1) is 19.8. The first-order valence-electron chi connectivity index (χ1n) is 15.2. The second-order valence-corrected chi connectivity index (χ2v) is 12.2. The topological polar surface area (TPSA) is 108 Å². The van der Waals surface area contributed by atoms with Gasteiger partial charge < -0.3 is 25.4 Å². The molecule has 8 nitrogen and oxygen atoms in total. The van der Waals surface area contributed by atoms with E-state index in [4.69, 9.17) is 4.74 Å². The Bertz CT molecular complexity index is 1170. The van der Waals surface area contributed by atoms with Crippen LogP contribution in [0.5, 0.6) is 5.75 Å². The first-order valence-corrected chi connectivity index (χ1v) is 15.2. The third kappa shape index (κ3) is 10.7. The molecule has 3 atom stereocenters. The summed E-state index contributed by atoms with van der Waals surface area (Å²) >= 11 is 0. The number of hydrogen-bond acceptors (Lipinski definition) is 5. The number of ether oxygens (including phenoxy) is 1. The highest BCUT2D eigenvalue weighted by molar-refractivity contribution is 5.92. The van der Waals surface area contributed by atoms with Gasteiger partial charge in [-0.2, -0.15) is 0 Å². The van der Waals surface area contributed by atoms with Gasteiger partial charge in [-0.1, -0.05) is 63.4 Å². The van der Waals surface area contributed by atoms with Gasteiger partial charge in [0.2, 0.25) is 11.8 Å². The van der Waals surface area contributed by atoms with E-state index in [9.17, 15) is 19.5 Å². The number of alkyl carbamates (subject to hydrolysis) is 1. The molecule has 3 amide bonds. The van der Waals surface area contributed by atoms with Crippen molar-refractivity contribution in [2.45, 2.75) is 118 Å². The molecule has 0 spiro atoms. The molecule has 42 heavy (non-hydrogen) atoms. The summed E-state index contributed by atoms with van der Waals surface area (Å²) in [5, 5.41) is 15.7. The highest BCUT2D eigenvalue weighted by atomic mass is 16.6. The van der Waals surface area contributed by atoms with Crippen molar-refractivity contribution < 1.29 is 24.2 Å². The number of carbonyl (C=O) groups excluding carboxylic acids is 3. The maximum atomic E-state index is 14.6. The summed E-state index contributed by atoms with van der Waals surface area (Å²) in [5.74, 6) is -0.500. The fourth-order valence-electron chi connectivity index (χ4n) is 4.96. The third-order valence-corrected chi connectivity index (χ3v) is 7.26. The fourth-order valence-corrected chi connectivity index (χ4v) is 4.96. The van der Waals surface area contributed by atoms with Gasteiger partial charge in [-0.3, -0.25) is 9.59 Å². The molecule has 0 aromatic heterocycles. The number of phenolic OH excluding ortho intramolecular Hbond substituents is 1. The predicted molar refractivity (Wildman–Crippen MR) is 167 cm³/mol. The number of nitrogens with one attached hydrogen (secondary N) is 2. The average Bonchev–Trinajstić information content (AvgIpc) is 2.90. The number of unbranched alkanes of at least 4 members (excludes halogenated alkanes) is 2. The first kappa shape index (κ1) is 34.7. The number of aryl methyl sites for hydroxylation is 1. The Labute approximate surface area is 252 Å². The van der Waals surface area contributed by atoms with Crippen LogP contribution in [-0.4, -0.2) is 52.1 Å². The van der Waals surface area contributed by atoms with E-state index in [-0.39, 0.29) is 30.0 Å². The van der Waals surface area contributed by atoms with Crippen molar-refractivity contribution in [2.75, 3.05) is 6.54 Å². The van der Waals surface area contributed by atoms with E-state index in [1.54, 1.807) is 49.9 Å². The second kappa shape index (κ2) is 16.2. The van der Waals surface area contributed by atoms with E-state index in [1.807, 2.05) is 39.0 Å². The standard InChI is InChI=1S/C34H51N3O5/c1-9-11-12-21-37(30(31(39)35-24(4)14-10-2)28-16-13-15-23(3)25(28)5)32(40)29(36-33(41)42-34(6,7)8)22-26-17-19-27(38)20-18-26/h13,15-20,24,29-30,38H,9-12,14,21-22H2,1-8H3,(H,35,39)(H,36,41). The summed E-state index contributed by atoms with van der Waals surface area (Å²) in [6, 6.07) is 10.4. The predicted octanol–water partition coefficient (Wildman–Crippen LogP) is 6.51. The molecule has 2 aromatic rings. The van der Waals surface area contributed by atoms with Gasteiger partial charge in [-0.05, 0) is 88.8 Å². The lowest BCUT2D eigenvalue weighted by atomic mass is 9.94. The monoisotopic (exact) mass is 581 g/mol. The van der Waals surface area contributed by atoms with Gasteiger partial charge in [0.1, 0.15) is 23.4 Å². The molecule has 0 aliphatic carbocycles. The minimum atomic E-state index is -1.00. The molecule has 232 valence electrons. The van der Waals surface area contributed by atoms with Gasteiger partial charge >= 0.3 is 6.09 Å². The Balaban J connectivity index is 2.62. The number of nitrogens with zero attached hydrogens (tertiary/aromatic N) is 1. The summed E-state index contributed by atoms with van der Waals surface area (Å²) in [6.07, 6.45) is 3.73. The van der Waals surface area contributed by atoms with E-state index in [2.05, 4.69) is 24.5 Å². The van der Waals surface area contributed by atoms with E-state index < -0.39 is 23.8 Å². The number of rotatable bonds is 14. The Morgan fingerprint density at radius 1 is 0.952 bits per heavy atom. The van der Waals surface area contributed by atoms with Crippen LogP contribution in [0.2, 0.25) is 0 Å². The van der Waals surface area contributed by atoms with Gasteiger partial charge in [0.05, 0.1) is 0 Å². The molecule has 3 unspecified atom stereocenters. The molecule has 2 aromatic carbocycles. The molecule has 0 aliphatic rings. The van der Waals surface area contributed by atoms with Crippen LogP contribution in [0.3, 0.4) is 0 Å². The number of hydrogen-bond donors (Lipinski definition) is 3. The number of phenols is 1. The smallest absolute Gasteiger partial charge is 0.408 e. The molecular weight excluding hydrogens is 530 g/mol. The summed E-state index contributed by atoms with van der Waals surface area (Å²) in [5.41, 5.74) is 2.74. The molecule has 0 fully saturated rings. The maximum Gasteiger partial charge on any atom is 0.408 e. The summed E-state index contributed by atoms with van der Waals surface area (Å²) < 4.78 is 5.52. The SMILES string of the molecule is CCCCCN(C(=O)C(Cc1ccc(O)cc1)NC(=O)OC(C)(C)C)C(C(=O)NC(C)CCC)c1cccc(C)c1C. The second-order valence-electron chi connectivity index (χ2n) is 12.2. The van der Waals surface area contributed by atoms with E-state index in [0.29, 0.717) is 13.0 Å². The van der Waals surface area contributed by atoms with Crippen molar-refractivity contribution in [1.82, 2.24) is 15.5 Å². The lowest BCUT2D eigenvalue weighted by molar-refractivity contribution is -0.142. The van der Waals surface area contributed by atoms with Crippen LogP contribution in [0.15, 0.2) is 42.5 Å². The Kier molecular flexibility index (Phi) is 13.4. The molecule has 0 bridgehead atoms. The molecule has 0 radical (unpaired) electrons. The molecule has 0 heterocycles. The zero-order chi connectivity index (χ0) is 31.4.